The minimum absolute atomic E-state index is 0.499. The van der Waals surface area contributed by atoms with E-state index in [1.54, 1.807) is 0 Å². The van der Waals surface area contributed by atoms with Crippen LogP contribution in [0.3, 0.4) is 0 Å². The Balaban J connectivity index is 1.56. The second kappa shape index (κ2) is 10.7. The van der Waals surface area contributed by atoms with Crippen LogP contribution in [0.1, 0.15) is 36.5 Å². The summed E-state index contributed by atoms with van der Waals surface area (Å²) in [6.07, 6.45) is 4.06. The third-order valence-corrected chi connectivity index (χ3v) is 6.32. The summed E-state index contributed by atoms with van der Waals surface area (Å²) in [5.74, 6) is 1.73. The number of benzene rings is 2. The van der Waals surface area contributed by atoms with E-state index in [0.29, 0.717) is 19.4 Å². The van der Waals surface area contributed by atoms with Crippen molar-refractivity contribution in [2.45, 2.75) is 39.0 Å². The molecular formula is C22H30NO3P. The minimum Gasteiger partial charge on any atom is -0.489 e. The maximum atomic E-state index is 11.7. The van der Waals surface area contributed by atoms with Crippen LogP contribution in [0.2, 0.25) is 0 Å². The Hall–Kier alpha value is -1.61. The Labute approximate surface area is 163 Å². The van der Waals surface area contributed by atoms with E-state index in [1.165, 1.54) is 18.4 Å². The molecule has 2 aromatic carbocycles. The fourth-order valence-electron chi connectivity index (χ4n) is 3.50. The van der Waals surface area contributed by atoms with Gasteiger partial charge in [-0.2, -0.15) is 0 Å². The van der Waals surface area contributed by atoms with Crippen molar-refractivity contribution in [3.05, 3.63) is 65.2 Å². The van der Waals surface area contributed by atoms with E-state index in [9.17, 15) is 4.57 Å². The topological polar surface area (TPSA) is 47.6 Å². The fourth-order valence-corrected chi connectivity index (χ4v) is 4.50. The number of rotatable bonds is 9. The monoisotopic (exact) mass is 387 g/mol. The predicted octanol–water partition coefficient (Wildman–Crippen LogP) is 4.82. The molecule has 1 fully saturated rings. The Morgan fingerprint density at radius 3 is 2.48 bits per heavy atom. The molecule has 1 atom stereocenters. The Bertz CT molecular complexity index is 727. The van der Waals surface area contributed by atoms with Crippen LogP contribution in [0.25, 0.3) is 0 Å². The van der Waals surface area contributed by atoms with Gasteiger partial charge in [0.15, 0.2) is 8.03 Å². The summed E-state index contributed by atoms with van der Waals surface area (Å²) >= 11 is 0. The Kier molecular flexibility index (Phi) is 7.94. The van der Waals surface area contributed by atoms with Gasteiger partial charge in [0, 0.05) is 6.16 Å². The maximum Gasteiger partial charge on any atom is 0.195 e. The summed E-state index contributed by atoms with van der Waals surface area (Å²) in [4.78, 5) is 0. The zero-order valence-electron chi connectivity index (χ0n) is 16.1. The fraction of sp³-hybridized carbons (Fsp3) is 0.455. The van der Waals surface area contributed by atoms with Crippen LogP contribution in [0.4, 0.5) is 0 Å². The molecule has 0 aromatic heterocycles. The van der Waals surface area contributed by atoms with Gasteiger partial charge in [-0.05, 0) is 68.0 Å². The Morgan fingerprint density at radius 1 is 1.04 bits per heavy atom. The normalized spacial score (nSPS) is 16.2. The molecule has 0 saturated carbocycles. The largest absolute Gasteiger partial charge is 0.489 e. The minimum atomic E-state index is -1.97. The summed E-state index contributed by atoms with van der Waals surface area (Å²) in [7, 11) is -1.97. The quantitative estimate of drug-likeness (QED) is 0.627. The number of ether oxygens (including phenoxy) is 1. The van der Waals surface area contributed by atoms with Crippen molar-refractivity contribution in [3.63, 3.8) is 0 Å². The number of piperidine rings is 1. The molecule has 146 valence electrons. The van der Waals surface area contributed by atoms with Gasteiger partial charge >= 0.3 is 0 Å². The van der Waals surface area contributed by atoms with Crippen LogP contribution in [0.15, 0.2) is 48.5 Å². The molecule has 27 heavy (non-hydrogen) atoms. The van der Waals surface area contributed by atoms with Crippen LogP contribution in [0.5, 0.6) is 5.75 Å². The first-order valence-electron chi connectivity index (χ1n) is 9.89. The van der Waals surface area contributed by atoms with Crippen LogP contribution in [-0.2, 0) is 28.3 Å². The molecule has 0 amide bonds. The zero-order chi connectivity index (χ0) is 18.9. The highest BCUT2D eigenvalue weighted by Crippen LogP contribution is 2.28. The molecule has 0 radical (unpaired) electrons. The van der Waals surface area contributed by atoms with Crippen LogP contribution < -0.4 is 10.1 Å². The zero-order valence-corrected chi connectivity index (χ0v) is 17.1. The molecule has 1 heterocycles. The van der Waals surface area contributed by atoms with Crippen LogP contribution >= 0.6 is 8.03 Å². The molecule has 3 rings (SSSR count). The molecule has 1 saturated heterocycles. The molecule has 2 aromatic rings. The summed E-state index contributed by atoms with van der Waals surface area (Å²) in [5.41, 5.74) is 3.46. The smallest absolute Gasteiger partial charge is 0.195 e. The number of nitrogens with one attached hydrogen (secondary N) is 1. The molecule has 1 unspecified atom stereocenters. The number of hydrogen-bond donors (Lipinski definition) is 1. The van der Waals surface area contributed by atoms with Crippen molar-refractivity contribution in [3.8, 4) is 5.75 Å². The summed E-state index contributed by atoms with van der Waals surface area (Å²) in [6, 6.07) is 16.5. The molecule has 0 aliphatic carbocycles. The van der Waals surface area contributed by atoms with Crippen molar-refractivity contribution in [1.29, 1.82) is 0 Å². The molecule has 4 nitrogen and oxygen atoms in total. The molecule has 5 heteroatoms. The lowest BCUT2D eigenvalue weighted by molar-refractivity contribution is 0.297. The molecule has 1 aliphatic rings. The first-order valence-corrected chi connectivity index (χ1v) is 11.4. The molecule has 1 N–H and O–H groups in total. The maximum absolute atomic E-state index is 11.7. The van der Waals surface area contributed by atoms with Gasteiger partial charge in [0.1, 0.15) is 12.4 Å². The first kappa shape index (κ1) is 20.1. The highest BCUT2D eigenvalue weighted by Gasteiger charge is 2.15. The van der Waals surface area contributed by atoms with Crippen LogP contribution in [0, 0.1) is 5.92 Å². The average molecular weight is 387 g/mol. The molecule has 0 spiro atoms. The van der Waals surface area contributed by atoms with Crippen molar-refractivity contribution in [2.75, 3.05) is 19.7 Å². The molecule has 0 bridgehead atoms. The first-order chi connectivity index (χ1) is 13.2. The second-order valence-corrected chi connectivity index (χ2v) is 8.48. The van der Waals surface area contributed by atoms with E-state index in [-0.39, 0.29) is 0 Å². The van der Waals surface area contributed by atoms with E-state index in [0.717, 1.165) is 42.3 Å². The van der Waals surface area contributed by atoms with Crippen molar-refractivity contribution in [2.24, 2.45) is 5.92 Å². The van der Waals surface area contributed by atoms with Gasteiger partial charge < -0.3 is 14.6 Å². The van der Waals surface area contributed by atoms with Gasteiger partial charge in [-0.25, -0.2) is 0 Å². The van der Waals surface area contributed by atoms with Crippen molar-refractivity contribution in [1.82, 2.24) is 5.32 Å². The highest BCUT2D eigenvalue weighted by atomic mass is 31.1. The van der Waals surface area contributed by atoms with E-state index in [1.807, 2.05) is 37.3 Å². The van der Waals surface area contributed by atoms with Gasteiger partial charge in [-0.15, -0.1) is 0 Å². The van der Waals surface area contributed by atoms with Gasteiger partial charge in [-0.3, -0.25) is 4.57 Å². The summed E-state index contributed by atoms with van der Waals surface area (Å²) < 4.78 is 23.0. The van der Waals surface area contributed by atoms with Gasteiger partial charge in [0.05, 0.1) is 6.61 Å². The predicted molar refractivity (Wildman–Crippen MR) is 111 cm³/mol. The second-order valence-electron chi connectivity index (χ2n) is 7.09. The lowest BCUT2D eigenvalue weighted by Gasteiger charge is -2.23. The van der Waals surface area contributed by atoms with E-state index in [4.69, 9.17) is 9.26 Å². The SMILES string of the molecule is CCO[PH](=O)Cc1ccc(COc2ccccc2CC2CCNCC2)cc1. The van der Waals surface area contributed by atoms with E-state index < -0.39 is 8.03 Å². The standard InChI is InChI=1S/C22H30NO3P/c1-2-26-27(24)17-20-9-7-19(8-10-20)16-25-22-6-4-3-5-21(22)15-18-11-13-23-14-12-18/h3-10,18,23,27H,2,11-17H2,1H3. The lowest BCUT2D eigenvalue weighted by atomic mass is 9.90. The van der Waals surface area contributed by atoms with Gasteiger partial charge in [0.2, 0.25) is 0 Å². The Morgan fingerprint density at radius 2 is 1.74 bits per heavy atom. The summed E-state index contributed by atoms with van der Waals surface area (Å²) in [6.45, 7) is 5.15. The van der Waals surface area contributed by atoms with Crippen LogP contribution in [-0.4, -0.2) is 19.7 Å². The average Bonchev–Trinajstić information content (AvgIpc) is 2.69. The van der Waals surface area contributed by atoms with Gasteiger partial charge in [-0.1, -0.05) is 42.5 Å². The van der Waals surface area contributed by atoms with Gasteiger partial charge in [0.25, 0.3) is 0 Å². The summed E-state index contributed by atoms with van der Waals surface area (Å²) in [5, 5.41) is 3.43. The van der Waals surface area contributed by atoms with E-state index >= 15 is 0 Å². The lowest BCUT2D eigenvalue weighted by Crippen LogP contribution is -2.28. The number of para-hydroxylation sites is 1. The molecular weight excluding hydrogens is 357 g/mol. The third-order valence-electron chi connectivity index (χ3n) is 5.01. The highest BCUT2D eigenvalue weighted by molar-refractivity contribution is 7.38. The number of hydrogen-bond acceptors (Lipinski definition) is 4. The van der Waals surface area contributed by atoms with Crippen molar-refractivity contribution >= 4 is 8.03 Å². The third kappa shape index (κ3) is 6.49. The van der Waals surface area contributed by atoms with E-state index in [2.05, 4.69) is 23.5 Å². The van der Waals surface area contributed by atoms with Crippen molar-refractivity contribution < 1.29 is 13.8 Å². The molecule has 1 aliphatic heterocycles.